The zero-order chi connectivity index (χ0) is 20.6. The molecule has 6 nitrogen and oxygen atoms in total. The lowest BCUT2D eigenvalue weighted by Crippen LogP contribution is -2.46. The van der Waals surface area contributed by atoms with Crippen LogP contribution in [0.4, 0.5) is 14.5 Å². The number of hydrogen-bond acceptors (Lipinski definition) is 3. The smallest absolute Gasteiger partial charge is 0.221 e. The standard InChI is InChI=1S/C21H31F2N5O.HI/c1-24-21(25-12-10-19(29)26-15-6-3-2-4-7-15)27-16-11-13-28(14-16)20-17(22)8-5-9-18(20)23;/h5,8-9,15-16H,2-4,6-7,10-14H2,1H3,(H,26,29)(H2,24,25,27);1H. The summed E-state index contributed by atoms with van der Waals surface area (Å²) in [4.78, 5) is 18.0. The van der Waals surface area contributed by atoms with E-state index in [0.29, 0.717) is 38.1 Å². The van der Waals surface area contributed by atoms with Crippen molar-refractivity contribution < 1.29 is 13.6 Å². The highest BCUT2D eigenvalue weighted by Crippen LogP contribution is 2.26. The highest BCUT2D eigenvalue weighted by molar-refractivity contribution is 14.0. The molecule has 1 saturated carbocycles. The zero-order valence-corrected chi connectivity index (χ0v) is 19.8. The van der Waals surface area contributed by atoms with Crippen molar-refractivity contribution in [2.45, 2.75) is 57.0 Å². The van der Waals surface area contributed by atoms with E-state index in [9.17, 15) is 13.6 Å². The van der Waals surface area contributed by atoms with E-state index in [-0.39, 0.29) is 41.6 Å². The number of guanidine groups is 1. The maximum absolute atomic E-state index is 14.0. The molecule has 9 heteroatoms. The number of carbonyl (C=O) groups is 1. The summed E-state index contributed by atoms with van der Waals surface area (Å²) in [5.41, 5.74) is 0.0270. The highest BCUT2D eigenvalue weighted by Gasteiger charge is 2.27. The lowest BCUT2D eigenvalue weighted by atomic mass is 9.95. The van der Waals surface area contributed by atoms with Crippen molar-refractivity contribution in [1.29, 1.82) is 0 Å². The molecule has 1 heterocycles. The number of hydrogen-bond donors (Lipinski definition) is 3. The van der Waals surface area contributed by atoms with Crippen LogP contribution in [0.2, 0.25) is 0 Å². The maximum atomic E-state index is 14.0. The van der Waals surface area contributed by atoms with Gasteiger partial charge in [0.2, 0.25) is 5.91 Å². The average Bonchev–Trinajstić information content (AvgIpc) is 3.16. The molecule has 1 aromatic carbocycles. The predicted molar refractivity (Wildman–Crippen MR) is 127 cm³/mol. The fourth-order valence-electron chi connectivity index (χ4n) is 4.10. The first-order valence-electron chi connectivity index (χ1n) is 10.5. The number of amides is 1. The van der Waals surface area contributed by atoms with Crippen LogP contribution in [0.25, 0.3) is 0 Å². The van der Waals surface area contributed by atoms with Gasteiger partial charge >= 0.3 is 0 Å². The fraction of sp³-hybridized carbons (Fsp3) is 0.619. The van der Waals surface area contributed by atoms with Crippen molar-refractivity contribution in [3.8, 4) is 0 Å². The van der Waals surface area contributed by atoms with E-state index < -0.39 is 11.6 Å². The fourth-order valence-corrected chi connectivity index (χ4v) is 4.10. The monoisotopic (exact) mass is 535 g/mol. The summed E-state index contributed by atoms with van der Waals surface area (Å²) >= 11 is 0. The molecule has 0 radical (unpaired) electrons. The molecule has 1 amide bonds. The number of rotatable bonds is 6. The molecule has 0 bridgehead atoms. The second-order valence-corrected chi connectivity index (χ2v) is 7.80. The van der Waals surface area contributed by atoms with Crippen LogP contribution in [0.3, 0.4) is 0 Å². The quantitative estimate of drug-likeness (QED) is 0.298. The zero-order valence-electron chi connectivity index (χ0n) is 17.4. The minimum Gasteiger partial charge on any atom is -0.365 e. The molecule has 0 aromatic heterocycles. The molecule has 1 aliphatic heterocycles. The van der Waals surface area contributed by atoms with E-state index >= 15 is 0 Å². The van der Waals surface area contributed by atoms with Crippen LogP contribution >= 0.6 is 24.0 Å². The number of nitrogens with one attached hydrogen (secondary N) is 3. The van der Waals surface area contributed by atoms with Gasteiger partial charge in [0.05, 0.1) is 0 Å². The molecule has 1 aliphatic carbocycles. The van der Waals surface area contributed by atoms with Crippen molar-refractivity contribution in [3.05, 3.63) is 29.8 Å². The van der Waals surface area contributed by atoms with E-state index in [1.807, 2.05) is 0 Å². The molecule has 0 spiro atoms. The Labute approximate surface area is 194 Å². The molecular weight excluding hydrogens is 503 g/mol. The van der Waals surface area contributed by atoms with Crippen molar-refractivity contribution in [3.63, 3.8) is 0 Å². The Hall–Kier alpha value is -1.65. The lowest BCUT2D eigenvalue weighted by Gasteiger charge is -2.23. The Morgan fingerprint density at radius 1 is 1.10 bits per heavy atom. The summed E-state index contributed by atoms with van der Waals surface area (Å²) in [5, 5.41) is 9.53. The van der Waals surface area contributed by atoms with Crippen LogP contribution in [0.15, 0.2) is 23.2 Å². The second-order valence-electron chi connectivity index (χ2n) is 7.80. The van der Waals surface area contributed by atoms with Crippen molar-refractivity contribution >= 4 is 41.5 Å². The number of benzene rings is 1. The largest absolute Gasteiger partial charge is 0.365 e. The molecule has 1 saturated heterocycles. The topological polar surface area (TPSA) is 68.8 Å². The number of carbonyl (C=O) groups excluding carboxylic acids is 1. The van der Waals surface area contributed by atoms with Gasteiger partial charge in [-0.25, -0.2) is 8.78 Å². The van der Waals surface area contributed by atoms with Gasteiger partial charge in [0, 0.05) is 45.2 Å². The summed E-state index contributed by atoms with van der Waals surface area (Å²) in [6.45, 7) is 1.54. The van der Waals surface area contributed by atoms with E-state index in [1.165, 1.54) is 37.5 Å². The summed E-state index contributed by atoms with van der Waals surface area (Å²) < 4.78 is 28.0. The number of aliphatic imine (C=N–C) groups is 1. The number of nitrogens with zero attached hydrogens (tertiary/aromatic N) is 2. The van der Waals surface area contributed by atoms with E-state index in [2.05, 4.69) is 20.9 Å². The van der Waals surface area contributed by atoms with Gasteiger partial charge in [0.1, 0.15) is 17.3 Å². The van der Waals surface area contributed by atoms with Gasteiger partial charge in [0.25, 0.3) is 0 Å². The Bertz CT molecular complexity index is 707. The summed E-state index contributed by atoms with van der Waals surface area (Å²) in [6, 6.07) is 4.26. The predicted octanol–water partition coefficient (Wildman–Crippen LogP) is 3.17. The minimum absolute atomic E-state index is 0. The van der Waals surface area contributed by atoms with Crippen LogP contribution in [0.5, 0.6) is 0 Å². The third-order valence-corrected chi connectivity index (χ3v) is 5.62. The Morgan fingerprint density at radius 2 is 1.80 bits per heavy atom. The van der Waals surface area contributed by atoms with E-state index in [4.69, 9.17) is 0 Å². The minimum atomic E-state index is -0.544. The van der Waals surface area contributed by atoms with Gasteiger partial charge in [-0.05, 0) is 31.4 Å². The van der Waals surface area contributed by atoms with Gasteiger partial charge in [-0.2, -0.15) is 0 Å². The third-order valence-electron chi connectivity index (χ3n) is 5.62. The molecule has 1 aromatic rings. The SMILES string of the molecule is CN=C(NCCC(=O)NC1CCCCC1)NC1CCN(c2c(F)cccc2F)C1.I. The van der Waals surface area contributed by atoms with Crippen LogP contribution in [0, 0.1) is 11.6 Å². The first kappa shape index (κ1) is 24.6. The first-order valence-corrected chi connectivity index (χ1v) is 10.5. The molecule has 2 aliphatic rings. The average molecular weight is 535 g/mol. The maximum Gasteiger partial charge on any atom is 0.221 e. The summed E-state index contributed by atoms with van der Waals surface area (Å²) in [7, 11) is 1.67. The molecule has 1 atom stereocenters. The third kappa shape index (κ3) is 6.95. The van der Waals surface area contributed by atoms with Crippen LogP contribution < -0.4 is 20.9 Å². The summed E-state index contributed by atoms with van der Waals surface area (Å²) in [6.07, 6.45) is 6.92. The van der Waals surface area contributed by atoms with Crippen molar-refractivity contribution in [1.82, 2.24) is 16.0 Å². The normalized spacial score (nSPS) is 19.9. The first-order chi connectivity index (χ1) is 14.1. The van der Waals surface area contributed by atoms with E-state index in [0.717, 1.165) is 19.3 Å². The van der Waals surface area contributed by atoms with E-state index in [1.54, 1.807) is 11.9 Å². The Kier molecular flexibility index (Phi) is 10.1. The van der Waals surface area contributed by atoms with Crippen LogP contribution in [0.1, 0.15) is 44.9 Å². The Balaban J connectivity index is 0.00000320. The molecule has 3 rings (SSSR count). The molecule has 30 heavy (non-hydrogen) atoms. The Morgan fingerprint density at radius 3 is 2.47 bits per heavy atom. The molecule has 2 fully saturated rings. The van der Waals surface area contributed by atoms with Gasteiger partial charge in [-0.15, -0.1) is 24.0 Å². The number of anilines is 1. The summed E-state index contributed by atoms with van der Waals surface area (Å²) in [5.74, 6) is -0.437. The molecule has 168 valence electrons. The van der Waals surface area contributed by atoms with Crippen LogP contribution in [-0.4, -0.2) is 50.6 Å². The number of para-hydroxylation sites is 1. The molecular formula is C21H32F2IN5O. The van der Waals surface area contributed by atoms with Crippen molar-refractivity contribution in [2.24, 2.45) is 4.99 Å². The van der Waals surface area contributed by atoms with Crippen molar-refractivity contribution in [2.75, 3.05) is 31.6 Å². The number of halogens is 3. The molecule has 3 N–H and O–H groups in total. The van der Waals surface area contributed by atoms with Gasteiger partial charge < -0.3 is 20.9 Å². The van der Waals surface area contributed by atoms with Gasteiger partial charge in [-0.1, -0.05) is 25.3 Å². The second kappa shape index (κ2) is 12.3. The van der Waals surface area contributed by atoms with Gasteiger partial charge in [0.15, 0.2) is 5.96 Å². The highest BCUT2D eigenvalue weighted by atomic mass is 127. The molecule has 1 unspecified atom stereocenters. The van der Waals surface area contributed by atoms with Gasteiger partial charge in [-0.3, -0.25) is 9.79 Å². The van der Waals surface area contributed by atoms with Crippen LogP contribution in [-0.2, 0) is 4.79 Å². The lowest BCUT2D eigenvalue weighted by molar-refractivity contribution is -0.121.